The van der Waals surface area contributed by atoms with E-state index < -0.39 is 5.97 Å². The van der Waals surface area contributed by atoms with Crippen molar-refractivity contribution in [3.8, 4) is 11.3 Å². The van der Waals surface area contributed by atoms with Crippen molar-refractivity contribution in [2.45, 2.75) is 0 Å². The van der Waals surface area contributed by atoms with Gasteiger partial charge in [0, 0.05) is 34.7 Å². The monoisotopic (exact) mass is 320 g/mol. The summed E-state index contributed by atoms with van der Waals surface area (Å²) in [5.74, 6) is -0.660. The van der Waals surface area contributed by atoms with Crippen molar-refractivity contribution in [1.82, 2.24) is 9.72 Å². The van der Waals surface area contributed by atoms with Gasteiger partial charge in [0.1, 0.15) is 0 Å². The topological polar surface area (TPSA) is 68.3 Å². The van der Waals surface area contributed by atoms with E-state index in [9.17, 15) is 4.79 Å². The van der Waals surface area contributed by atoms with Crippen LogP contribution in [0.25, 0.3) is 22.2 Å². The first-order chi connectivity index (χ1) is 9.08. The van der Waals surface area contributed by atoms with Crippen LogP contribution in [-0.2, 0) is 7.05 Å². The van der Waals surface area contributed by atoms with Crippen LogP contribution in [0.3, 0.4) is 0 Å². The summed E-state index contributed by atoms with van der Waals surface area (Å²) in [6.07, 6.45) is 1.95. The van der Waals surface area contributed by atoms with Crippen molar-refractivity contribution in [3.05, 3.63) is 40.6 Å². The Morgan fingerprint density at radius 2 is 2.26 bits per heavy atom. The summed E-state index contributed by atoms with van der Waals surface area (Å²) in [4.78, 5) is 10.8. The summed E-state index contributed by atoms with van der Waals surface area (Å²) in [6.45, 7) is 0. The highest BCUT2D eigenvalue weighted by molar-refractivity contribution is 9.10. The highest BCUT2D eigenvalue weighted by Crippen LogP contribution is 2.33. The van der Waals surface area contributed by atoms with Crippen LogP contribution in [0.15, 0.2) is 39.5 Å². The minimum Gasteiger partial charge on any atom is -0.476 e. The fourth-order valence-corrected chi connectivity index (χ4v) is 2.75. The smallest absolute Gasteiger partial charge is 0.358 e. The number of hydrogen-bond donors (Lipinski definition) is 1. The summed E-state index contributed by atoms with van der Waals surface area (Å²) in [5, 5.41) is 13.5. The Bertz CT molecular complexity index is 788. The lowest BCUT2D eigenvalue weighted by molar-refractivity contribution is 0.0686. The van der Waals surface area contributed by atoms with Crippen LogP contribution < -0.4 is 0 Å². The number of carboxylic acids is 1. The highest BCUT2D eigenvalue weighted by Gasteiger charge is 2.16. The Morgan fingerprint density at radius 3 is 2.95 bits per heavy atom. The van der Waals surface area contributed by atoms with Crippen LogP contribution in [0.2, 0.25) is 0 Å². The molecule has 96 valence electrons. The lowest BCUT2D eigenvalue weighted by Crippen LogP contribution is -1.94. The Hall–Kier alpha value is -2.08. The van der Waals surface area contributed by atoms with Crippen LogP contribution in [-0.4, -0.2) is 20.8 Å². The Labute approximate surface area is 116 Å². The molecule has 0 aliphatic carbocycles. The minimum atomic E-state index is -1.10. The molecule has 0 saturated carbocycles. The van der Waals surface area contributed by atoms with Gasteiger partial charge in [-0.3, -0.25) is 0 Å². The summed E-state index contributed by atoms with van der Waals surface area (Å²) in [5.41, 5.74) is 1.67. The first kappa shape index (κ1) is 12.0. The van der Waals surface area contributed by atoms with E-state index in [0.717, 1.165) is 20.9 Å². The van der Waals surface area contributed by atoms with E-state index in [1.54, 1.807) is 0 Å². The van der Waals surface area contributed by atoms with Gasteiger partial charge in [-0.25, -0.2) is 4.79 Å². The van der Waals surface area contributed by atoms with E-state index in [1.165, 1.54) is 6.07 Å². The van der Waals surface area contributed by atoms with Gasteiger partial charge in [0.2, 0.25) is 0 Å². The molecule has 2 aromatic heterocycles. The first-order valence-electron chi connectivity index (χ1n) is 5.52. The highest BCUT2D eigenvalue weighted by atomic mass is 79.9. The Kier molecular flexibility index (Phi) is 2.67. The molecule has 0 aliphatic rings. The standard InChI is InChI=1S/C13H9BrN2O3/c1-16-6-9(14)7-3-2-4-8(12(7)16)11-5-10(13(17)18)15-19-11/h2-6H,1H3,(H,17,18). The number of carbonyl (C=O) groups is 1. The van der Waals surface area contributed by atoms with Crippen molar-refractivity contribution >= 4 is 32.8 Å². The molecule has 0 unspecified atom stereocenters. The van der Waals surface area contributed by atoms with Crippen molar-refractivity contribution in [3.63, 3.8) is 0 Å². The normalized spacial score (nSPS) is 11.1. The molecule has 0 fully saturated rings. The molecule has 5 nitrogen and oxygen atoms in total. The molecule has 2 heterocycles. The molecule has 0 spiro atoms. The molecule has 1 aromatic carbocycles. The summed E-state index contributed by atoms with van der Waals surface area (Å²) >= 11 is 3.49. The van der Waals surface area contributed by atoms with Crippen molar-refractivity contribution in [2.24, 2.45) is 7.05 Å². The number of hydrogen-bond acceptors (Lipinski definition) is 3. The van der Waals surface area contributed by atoms with Gasteiger partial charge in [-0.2, -0.15) is 0 Å². The van der Waals surface area contributed by atoms with Crippen LogP contribution in [0.5, 0.6) is 0 Å². The summed E-state index contributed by atoms with van der Waals surface area (Å²) in [6, 6.07) is 7.18. The molecule has 0 atom stereocenters. The van der Waals surface area contributed by atoms with Gasteiger partial charge >= 0.3 is 5.97 Å². The number of carboxylic acid groups (broad SMARTS) is 1. The number of nitrogens with zero attached hydrogens (tertiary/aromatic N) is 2. The Morgan fingerprint density at radius 1 is 1.47 bits per heavy atom. The molecule has 6 heteroatoms. The fourth-order valence-electron chi connectivity index (χ4n) is 2.12. The number of para-hydroxylation sites is 1. The van der Waals surface area contributed by atoms with Crippen LogP contribution in [0.1, 0.15) is 10.5 Å². The van der Waals surface area contributed by atoms with Gasteiger partial charge in [0.15, 0.2) is 11.5 Å². The predicted molar refractivity (Wildman–Crippen MR) is 73.1 cm³/mol. The third-order valence-electron chi connectivity index (χ3n) is 2.95. The molecule has 19 heavy (non-hydrogen) atoms. The largest absolute Gasteiger partial charge is 0.476 e. The second kappa shape index (κ2) is 4.24. The molecule has 0 aliphatic heterocycles. The number of aryl methyl sites for hydroxylation is 1. The third kappa shape index (κ3) is 1.84. The molecule has 0 radical (unpaired) electrons. The first-order valence-corrected chi connectivity index (χ1v) is 6.31. The van der Waals surface area contributed by atoms with E-state index in [0.29, 0.717) is 5.76 Å². The van der Waals surface area contributed by atoms with Gasteiger partial charge < -0.3 is 14.2 Å². The van der Waals surface area contributed by atoms with Crippen LogP contribution >= 0.6 is 15.9 Å². The van der Waals surface area contributed by atoms with Crippen molar-refractivity contribution < 1.29 is 14.4 Å². The van der Waals surface area contributed by atoms with E-state index in [4.69, 9.17) is 9.63 Å². The zero-order chi connectivity index (χ0) is 13.6. The molecule has 0 saturated heterocycles. The zero-order valence-corrected chi connectivity index (χ0v) is 11.5. The van der Waals surface area contributed by atoms with E-state index in [1.807, 2.05) is 36.0 Å². The van der Waals surface area contributed by atoms with E-state index in [-0.39, 0.29) is 5.69 Å². The minimum absolute atomic E-state index is 0.0970. The molecule has 3 aromatic rings. The maximum absolute atomic E-state index is 10.8. The van der Waals surface area contributed by atoms with E-state index in [2.05, 4.69) is 21.1 Å². The number of benzene rings is 1. The SMILES string of the molecule is Cn1cc(Br)c2cccc(-c3cc(C(=O)O)no3)c21. The van der Waals surface area contributed by atoms with E-state index >= 15 is 0 Å². The Balaban J connectivity index is 2.27. The van der Waals surface area contributed by atoms with Crippen LogP contribution in [0, 0.1) is 0 Å². The zero-order valence-electron chi connectivity index (χ0n) is 9.92. The number of fused-ring (bicyclic) bond motifs is 1. The number of halogens is 1. The van der Waals surface area contributed by atoms with Gasteiger partial charge in [-0.05, 0) is 22.0 Å². The molecule has 3 rings (SSSR count). The maximum Gasteiger partial charge on any atom is 0.358 e. The fraction of sp³-hybridized carbons (Fsp3) is 0.0769. The number of aromatic carboxylic acids is 1. The van der Waals surface area contributed by atoms with Crippen molar-refractivity contribution in [2.75, 3.05) is 0 Å². The average molecular weight is 321 g/mol. The van der Waals surface area contributed by atoms with Gasteiger partial charge in [0.05, 0.1) is 5.52 Å². The quantitative estimate of drug-likeness (QED) is 0.786. The van der Waals surface area contributed by atoms with Gasteiger partial charge in [-0.1, -0.05) is 17.3 Å². The lowest BCUT2D eigenvalue weighted by atomic mass is 10.1. The number of aromatic nitrogens is 2. The second-order valence-electron chi connectivity index (χ2n) is 4.17. The number of rotatable bonds is 2. The van der Waals surface area contributed by atoms with Gasteiger partial charge in [-0.15, -0.1) is 0 Å². The average Bonchev–Trinajstić information content (AvgIpc) is 2.96. The molecular formula is C13H9BrN2O3. The molecule has 0 bridgehead atoms. The summed E-state index contributed by atoms with van der Waals surface area (Å²) in [7, 11) is 1.92. The lowest BCUT2D eigenvalue weighted by Gasteiger charge is -2.02. The summed E-state index contributed by atoms with van der Waals surface area (Å²) < 4.78 is 8.06. The van der Waals surface area contributed by atoms with Gasteiger partial charge in [0.25, 0.3) is 0 Å². The van der Waals surface area contributed by atoms with Crippen molar-refractivity contribution in [1.29, 1.82) is 0 Å². The third-order valence-corrected chi connectivity index (χ3v) is 3.58. The predicted octanol–water partition coefficient (Wildman–Crippen LogP) is 3.29. The molecule has 1 N–H and O–H groups in total. The van der Waals surface area contributed by atoms with Crippen LogP contribution in [0.4, 0.5) is 0 Å². The molecular weight excluding hydrogens is 312 g/mol. The second-order valence-corrected chi connectivity index (χ2v) is 5.03. The maximum atomic E-state index is 10.8. The molecule has 0 amide bonds.